The van der Waals surface area contributed by atoms with Crippen molar-refractivity contribution >= 4 is 16.6 Å². The predicted octanol–water partition coefficient (Wildman–Crippen LogP) is 2.75. The van der Waals surface area contributed by atoms with Crippen LogP contribution in [0, 0.1) is 6.92 Å². The molecule has 0 aliphatic heterocycles. The quantitative estimate of drug-likeness (QED) is 0.639. The summed E-state index contributed by atoms with van der Waals surface area (Å²) in [4.78, 5) is 15.3. The lowest BCUT2D eigenvalue weighted by atomic mass is 10.1. The van der Waals surface area contributed by atoms with E-state index in [1.165, 1.54) is 0 Å². The highest BCUT2D eigenvalue weighted by Crippen LogP contribution is 2.16. The molecule has 1 aromatic carbocycles. The number of rotatable bonds is 1. The van der Waals surface area contributed by atoms with Crippen molar-refractivity contribution in [3.63, 3.8) is 0 Å². The Hall–Kier alpha value is -1.70. The standard InChI is InChI=1S/C12H11NO/c1-8-5-11-4-3-10(9(2)14)6-12(11)7-13-8/h3-7H,1-2H3. The van der Waals surface area contributed by atoms with Gasteiger partial charge >= 0.3 is 0 Å². The van der Waals surface area contributed by atoms with Crippen molar-refractivity contribution in [3.8, 4) is 0 Å². The summed E-state index contributed by atoms with van der Waals surface area (Å²) in [6.45, 7) is 3.53. The normalized spacial score (nSPS) is 10.4. The number of hydrogen-bond donors (Lipinski definition) is 0. The topological polar surface area (TPSA) is 30.0 Å². The van der Waals surface area contributed by atoms with Crippen molar-refractivity contribution < 1.29 is 4.79 Å². The Balaban J connectivity index is 2.67. The number of carbonyl (C=O) groups excluding carboxylic acids is 1. The van der Waals surface area contributed by atoms with Crippen LogP contribution in [0.3, 0.4) is 0 Å². The molecule has 2 aromatic rings. The van der Waals surface area contributed by atoms with Crippen LogP contribution in [-0.4, -0.2) is 10.8 Å². The minimum atomic E-state index is 0.0903. The van der Waals surface area contributed by atoms with Crippen LogP contribution in [0.25, 0.3) is 10.8 Å². The van der Waals surface area contributed by atoms with Gasteiger partial charge in [-0.3, -0.25) is 9.78 Å². The maximum Gasteiger partial charge on any atom is 0.159 e. The maximum absolute atomic E-state index is 11.1. The minimum Gasteiger partial charge on any atom is -0.295 e. The second kappa shape index (κ2) is 3.22. The van der Waals surface area contributed by atoms with Gasteiger partial charge in [0.15, 0.2) is 5.78 Å². The summed E-state index contributed by atoms with van der Waals surface area (Å²) in [6.07, 6.45) is 1.80. The molecule has 0 fully saturated rings. The molecule has 0 bridgehead atoms. The average molecular weight is 185 g/mol. The number of benzene rings is 1. The van der Waals surface area contributed by atoms with Crippen LogP contribution >= 0.6 is 0 Å². The monoisotopic (exact) mass is 185 g/mol. The van der Waals surface area contributed by atoms with Gasteiger partial charge in [-0.25, -0.2) is 0 Å². The average Bonchev–Trinajstić information content (AvgIpc) is 2.16. The molecule has 14 heavy (non-hydrogen) atoms. The van der Waals surface area contributed by atoms with Gasteiger partial charge < -0.3 is 0 Å². The van der Waals surface area contributed by atoms with E-state index in [0.29, 0.717) is 0 Å². The van der Waals surface area contributed by atoms with Gasteiger partial charge in [-0.05, 0) is 31.4 Å². The molecule has 1 heterocycles. The molecule has 0 spiro atoms. The fourth-order valence-electron chi connectivity index (χ4n) is 1.47. The van der Waals surface area contributed by atoms with Crippen LogP contribution in [0.15, 0.2) is 30.5 Å². The van der Waals surface area contributed by atoms with Gasteiger partial charge in [0.1, 0.15) is 0 Å². The number of aryl methyl sites for hydroxylation is 1. The Bertz CT molecular complexity index is 503. The molecule has 0 atom stereocenters. The summed E-state index contributed by atoms with van der Waals surface area (Å²) < 4.78 is 0. The largest absolute Gasteiger partial charge is 0.295 e. The van der Waals surface area contributed by atoms with Crippen LogP contribution in [-0.2, 0) is 0 Å². The van der Waals surface area contributed by atoms with Gasteiger partial charge in [0, 0.05) is 22.8 Å². The van der Waals surface area contributed by atoms with Gasteiger partial charge in [0.05, 0.1) is 0 Å². The summed E-state index contributed by atoms with van der Waals surface area (Å²) >= 11 is 0. The van der Waals surface area contributed by atoms with Crippen LogP contribution in [0.5, 0.6) is 0 Å². The summed E-state index contributed by atoms with van der Waals surface area (Å²) in [7, 11) is 0. The molecule has 0 aliphatic rings. The third-order valence-electron chi connectivity index (χ3n) is 2.26. The van der Waals surface area contributed by atoms with E-state index in [2.05, 4.69) is 4.98 Å². The number of pyridine rings is 1. The Kier molecular flexibility index (Phi) is 2.04. The highest BCUT2D eigenvalue weighted by atomic mass is 16.1. The number of fused-ring (bicyclic) bond motifs is 1. The smallest absolute Gasteiger partial charge is 0.159 e. The number of carbonyl (C=O) groups is 1. The molecule has 0 amide bonds. The molecule has 2 nitrogen and oxygen atoms in total. The predicted molar refractivity (Wildman–Crippen MR) is 56.5 cm³/mol. The van der Waals surface area contributed by atoms with Crippen molar-refractivity contribution in [3.05, 3.63) is 41.7 Å². The lowest BCUT2D eigenvalue weighted by molar-refractivity contribution is 0.101. The highest BCUT2D eigenvalue weighted by Gasteiger charge is 2.00. The lowest BCUT2D eigenvalue weighted by Gasteiger charge is -2.00. The Morgan fingerprint density at radius 2 is 2.00 bits per heavy atom. The van der Waals surface area contributed by atoms with Gasteiger partial charge in [-0.2, -0.15) is 0 Å². The number of Topliss-reactive ketones (excluding diaryl/α,β-unsaturated/α-hetero) is 1. The number of aromatic nitrogens is 1. The Labute approximate surface area is 82.6 Å². The number of hydrogen-bond acceptors (Lipinski definition) is 2. The number of ketones is 1. The van der Waals surface area contributed by atoms with Crippen molar-refractivity contribution in [2.24, 2.45) is 0 Å². The molecule has 0 unspecified atom stereocenters. The van der Waals surface area contributed by atoms with Gasteiger partial charge in [-0.15, -0.1) is 0 Å². The van der Waals surface area contributed by atoms with E-state index in [-0.39, 0.29) is 5.78 Å². The first kappa shape index (κ1) is 8.88. The fourth-order valence-corrected chi connectivity index (χ4v) is 1.47. The molecular formula is C12H11NO. The van der Waals surface area contributed by atoms with Crippen LogP contribution in [0.2, 0.25) is 0 Å². The molecular weight excluding hydrogens is 174 g/mol. The first-order valence-corrected chi connectivity index (χ1v) is 4.54. The third-order valence-corrected chi connectivity index (χ3v) is 2.26. The Morgan fingerprint density at radius 3 is 2.71 bits per heavy atom. The van der Waals surface area contributed by atoms with Crippen LogP contribution < -0.4 is 0 Å². The fraction of sp³-hybridized carbons (Fsp3) is 0.167. The lowest BCUT2D eigenvalue weighted by Crippen LogP contribution is -1.91. The van der Waals surface area contributed by atoms with E-state index in [1.54, 1.807) is 13.1 Å². The minimum absolute atomic E-state index is 0.0903. The maximum atomic E-state index is 11.1. The SMILES string of the molecule is CC(=O)c1ccc2cc(C)ncc2c1. The van der Waals surface area contributed by atoms with E-state index >= 15 is 0 Å². The van der Waals surface area contributed by atoms with Gasteiger partial charge in [0.2, 0.25) is 0 Å². The van der Waals surface area contributed by atoms with Crippen molar-refractivity contribution in [2.75, 3.05) is 0 Å². The zero-order chi connectivity index (χ0) is 10.1. The van der Waals surface area contributed by atoms with Crippen LogP contribution in [0.1, 0.15) is 23.0 Å². The molecule has 0 N–H and O–H groups in total. The molecule has 0 radical (unpaired) electrons. The van der Waals surface area contributed by atoms with Gasteiger partial charge in [-0.1, -0.05) is 12.1 Å². The van der Waals surface area contributed by atoms with Gasteiger partial charge in [0.25, 0.3) is 0 Å². The van der Waals surface area contributed by atoms with Crippen LogP contribution in [0.4, 0.5) is 0 Å². The summed E-state index contributed by atoms with van der Waals surface area (Å²) in [5, 5.41) is 2.14. The van der Waals surface area contributed by atoms with E-state index in [9.17, 15) is 4.79 Å². The summed E-state index contributed by atoms with van der Waals surface area (Å²) in [5.74, 6) is 0.0903. The second-order valence-electron chi connectivity index (χ2n) is 3.44. The molecule has 2 heteroatoms. The van der Waals surface area contributed by atoms with E-state index in [4.69, 9.17) is 0 Å². The van der Waals surface area contributed by atoms with Crippen molar-refractivity contribution in [2.45, 2.75) is 13.8 Å². The van der Waals surface area contributed by atoms with E-state index in [1.807, 2.05) is 31.2 Å². The first-order valence-electron chi connectivity index (χ1n) is 4.54. The number of nitrogens with zero attached hydrogens (tertiary/aromatic N) is 1. The zero-order valence-corrected chi connectivity index (χ0v) is 8.24. The molecule has 0 saturated heterocycles. The van der Waals surface area contributed by atoms with E-state index in [0.717, 1.165) is 22.0 Å². The summed E-state index contributed by atoms with van der Waals surface area (Å²) in [5.41, 5.74) is 1.73. The van der Waals surface area contributed by atoms with Crippen molar-refractivity contribution in [1.29, 1.82) is 0 Å². The third kappa shape index (κ3) is 1.51. The van der Waals surface area contributed by atoms with Crippen molar-refractivity contribution in [1.82, 2.24) is 4.98 Å². The first-order chi connectivity index (χ1) is 6.66. The van der Waals surface area contributed by atoms with E-state index < -0.39 is 0 Å². The zero-order valence-electron chi connectivity index (χ0n) is 8.24. The molecule has 70 valence electrons. The summed E-state index contributed by atoms with van der Waals surface area (Å²) in [6, 6.07) is 7.70. The Morgan fingerprint density at radius 1 is 1.21 bits per heavy atom. The molecule has 2 rings (SSSR count). The molecule has 0 saturated carbocycles. The second-order valence-corrected chi connectivity index (χ2v) is 3.44. The molecule has 1 aromatic heterocycles. The highest BCUT2D eigenvalue weighted by molar-refractivity contribution is 5.98. The molecule has 0 aliphatic carbocycles.